The lowest BCUT2D eigenvalue weighted by atomic mass is 9.97. The highest BCUT2D eigenvalue weighted by Gasteiger charge is 2.18. The number of rotatable bonds is 11. The number of hydrogen-bond acceptors (Lipinski definition) is 7. The zero-order valence-corrected chi connectivity index (χ0v) is 16.8. The van der Waals surface area contributed by atoms with Crippen LogP contribution in [0, 0.1) is 15.9 Å². The molecule has 0 radical (unpaired) electrons. The number of halogens is 1. The van der Waals surface area contributed by atoms with E-state index in [2.05, 4.69) is 4.84 Å². The maximum absolute atomic E-state index is 14.5. The second-order valence-electron chi connectivity index (χ2n) is 5.70. The van der Waals surface area contributed by atoms with E-state index in [4.69, 9.17) is 4.74 Å². The van der Waals surface area contributed by atoms with E-state index in [-0.39, 0.29) is 19.0 Å². The average molecular weight is 426 g/mol. The molecule has 0 N–H and O–H groups in total. The van der Waals surface area contributed by atoms with Gasteiger partial charge in [0.15, 0.2) is 0 Å². The summed E-state index contributed by atoms with van der Waals surface area (Å²) in [5, 5.41) is 9.16. The first-order chi connectivity index (χ1) is 13.5. The fourth-order valence-corrected chi connectivity index (χ4v) is 4.00. The first kappa shape index (κ1) is 22.0. The molecule has 0 aliphatic heterocycles. The van der Waals surface area contributed by atoms with Crippen molar-refractivity contribution in [1.29, 1.82) is 0 Å². The quantitative estimate of drug-likeness (QED) is 0.169. The van der Waals surface area contributed by atoms with Gasteiger partial charge in [-0.3, -0.25) is 4.79 Å². The van der Waals surface area contributed by atoms with Gasteiger partial charge in [-0.15, -0.1) is 10.1 Å². The fourth-order valence-electron chi connectivity index (χ4n) is 2.35. The first-order valence-corrected chi connectivity index (χ1v) is 11.0. The molecule has 0 fully saturated rings. The highest BCUT2D eigenvalue weighted by Crippen LogP contribution is 2.27. The topological polar surface area (TPSA) is 78.7 Å². The summed E-state index contributed by atoms with van der Waals surface area (Å²) >= 11 is 0. The van der Waals surface area contributed by atoms with Crippen molar-refractivity contribution in [3.63, 3.8) is 0 Å². The predicted molar refractivity (Wildman–Crippen MR) is 109 cm³/mol. The van der Waals surface area contributed by atoms with Gasteiger partial charge in [0.1, 0.15) is 19.0 Å². The smallest absolute Gasteiger partial charge is 0.313 e. The largest absolute Gasteiger partial charge is 0.464 e. The van der Waals surface area contributed by atoms with Crippen LogP contribution >= 0.6 is 21.6 Å². The van der Waals surface area contributed by atoms with Gasteiger partial charge in [0, 0.05) is 17.1 Å². The molecule has 2 aromatic rings. The third kappa shape index (κ3) is 7.05. The maximum Gasteiger partial charge on any atom is 0.313 e. The Morgan fingerprint density at radius 1 is 1.14 bits per heavy atom. The second-order valence-corrected chi connectivity index (χ2v) is 8.40. The molecule has 0 aliphatic carbocycles. The van der Waals surface area contributed by atoms with Gasteiger partial charge in [0.25, 0.3) is 5.09 Å². The Morgan fingerprint density at radius 3 is 2.46 bits per heavy atom. The predicted octanol–water partition coefficient (Wildman–Crippen LogP) is 4.73. The van der Waals surface area contributed by atoms with E-state index in [0.717, 1.165) is 5.56 Å². The maximum atomic E-state index is 14.5. The van der Waals surface area contributed by atoms with Gasteiger partial charge in [-0.25, -0.2) is 4.39 Å². The van der Waals surface area contributed by atoms with Gasteiger partial charge in [-0.1, -0.05) is 64.1 Å². The standard InChI is InChI=1S/C19H20FNO5S2/c1-14(19(22)25-9-11-27-28-12-10-26-21(23)24)16-7-8-17(18(20)13-16)15-5-3-2-4-6-15/h2-8,13-14H,9-12H2,1H3. The number of hydrogen-bond donors (Lipinski definition) is 0. The Hall–Kier alpha value is -2.26. The molecular weight excluding hydrogens is 405 g/mol. The number of esters is 1. The van der Waals surface area contributed by atoms with Crippen LogP contribution in [0.3, 0.4) is 0 Å². The lowest BCUT2D eigenvalue weighted by molar-refractivity contribution is -0.756. The van der Waals surface area contributed by atoms with Crippen molar-refractivity contribution < 1.29 is 23.8 Å². The third-order valence-corrected chi connectivity index (χ3v) is 6.12. The van der Waals surface area contributed by atoms with Crippen molar-refractivity contribution in [1.82, 2.24) is 0 Å². The Labute approximate surface area is 170 Å². The molecule has 1 unspecified atom stereocenters. The van der Waals surface area contributed by atoms with E-state index >= 15 is 0 Å². The van der Waals surface area contributed by atoms with Crippen LogP contribution in [0.4, 0.5) is 4.39 Å². The van der Waals surface area contributed by atoms with Crippen LogP contribution in [-0.2, 0) is 14.4 Å². The van der Waals surface area contributed by atoms with E-state index in [1.165, 1.54) is 27.7 Å². The van der Waals surface area contributed by atoms with Crippen LogP contribution in [0.2, 0.25) is 0 Å². The van der Waals surface area contributed by atoms with Crippen molar-refractivity contribution in [2.75, 3.05) is 24.7 Å². The van der Waals surface area contributed by atoms with Crippen LogP contribution in [0.5, 0.6) is 0 Å². The molecule has 2 aromatic carbocycles. The molecule has 0 bridgehead atoms. The first-order valence-electron chi connectivity index (χ1n) is 8.52. The van der Waals surface area contributed by atoms with Crippen LogP contribution in [0.15, 0.2) is 48.5 Å². The van der Waals surface area contributed by atoms with Crippen molar-refractivity contribution in [2.24, 2.45) is 0 Å². The summed E-state index contributed by atoms with van der Waals surface area (Å²) in [6.45, 7) is 1.91. The molecule has 2 rings (SSSR count). The zero-order chi connectivity index (χ0) is 20.4. The number of benzene rings is 2. The zero-order valence-electron chi connectivity index (χ0n) is 15.2. The van der Waals surface area contributed by atoms with E-state index in [1.807, 2.05) is 30.3 Å². The minimum atomic E-state index is -0.830. The molecule has 9 heteroatoms. The SMILES string of the molecule is CC(C(=O)OCCSSCCO[N+](=O)[O-])c1ccc(-c2ccccc2)c(F)c1. The van der Waals surface area contributed by atoms with Gasteiger partial charge in [-0.05, 0) is 24.1 Å². The van der Waals surface area contributed by atoms with E-state index in [0.29, 0.717) is 22.6 Å². The molecular formula is C19H20FNO5S2. The van der Waals surface area contributed by atoms with E-state index in [1.54, 1.807) is 19.1 Å². The molecule has 0 heterocycles. The van der Waals surface area contributed by atoms with E-state index in [9.17, 15) is 19.3 Å². The monoisotopic (exact) mass is 425 g/mol. The van der Waals surface area contributed by atoms with Crippen molar-refractivity contribution >= 4 is 27.6 Å². The summed E-state index contributed by atoms with van der Waals surface area (Å²) < 4.78 is 19.7. The average Bonchev–Trinajstić information content (AvgIpc) is 2.69. The van der Waals surface area contributed by atoms with Gasteiger partial charge in [0.2, 0.25) is 0 Å². The summed E-state index contributed by atoms with van der Waals surface area (Å²) in [6, 6.07) is 14.0. The molecule has 0 saturated heterocycles. The Balaban J connectivity index is 1.77. The summed E-state index contributed by atoms with van der Waals surface area (Å²) in [5.41, 5.74) is 1.82. The van der Waals surface area contributed by atoms with Gasteiger partial charge >= 0.3 is 5.97 Å². The highest BCUT2D eigenvalue weighted by atomic mass is 33.1. The normalized spacial score (nSPS) is 11.6. The van der Waals surface area contributed by atoms with Crippen molar-refractivity contribution in [3.05, 3.63) is 70.0 Å². The van der Waals surface area contributed by atoms with Crippen molar-refractivity contribution in [2.45, 2.75) is 12.8 Å². The minimum Gasteiger partial charge on any atom is -0.464 e. The molecule has 1 atom stereocenters. The molecule has 0 aliphatic rings. The van der Waals surface area contributed by atoms with Crippen LogP contribution in [0.25, 0.3) is 11.1 Å². The van der Waals surface area contributed by atoms with Gasteiger partial charge < -0.3 is 9.57 Å². The summed E-state index contributed by atoms with van der Waals surface area (Å²) in [6.07, 6.45) is 0. The molecule has 28 heavy (non-hydrogen) atoms. The van der Waals surface area contributed by atoms with Gasteiger partial charge in [-0.2, -0.15) is 0 Å². The molecule has 150 valence electrons. The molecule has 0 aromatic heterocycles. The van der Waals surface area contributed by atoms with Crippen LogP contribution in [0.1, 0.15) is 18.4 Å². The van der Waals surface area contributed by atoms with Gasteiger partial charge in [0.05, 0.1) is 5.92 Å². The highest BCUT2D eigenvalue weighted by molar-refractivity contribution is 8.76. The van der Waals surface area contributed by atoms with Crippen LogP contribution < -0.4 is 0 Å². The Bertz CT molecular complexity index is 791. The molecule has 0 spiro atoms. The van der Waals surface area contributed by atoms with E-state index < -0.39 is 17.0 Å². The third-order valence-electron chi connectivity index (χ3n) is 3.79. The number of nitrogens with zero attached hydrogens (tertiary/aromatic N) is 1. The van der Waals surface area contributed by atoms with Crippen LogP contribution in [-0.4, -0.2) is 35.8 Å². The summed E-state index contributed by atoms with van der Waals surface area (Å²) in [5.74, 6) is -0.377. The fraction of sp³-hybridized carbons (Fsp3) is 0.316. The lowest BCUT2D eigenvalue weighted by Crippen LogP contribution is -2.15. The minimum absolute atomic E-state index is 0.0199. The lowest BCUT2D eigenvalue weighted by Gasteiger charge is -2.13. The Morgan fingerprint density at radius 2 is 1.82 bits per heavy atom. The summed E-state index contributed by atoms with van der Waals surface area (Å²) in [7, 11) is 2.83. The number of carbonyl (C=O) groups is 1. The number of ether oxygens (including phenoxy) is 1. The second kappa shape index (κ2) is 11.6. The Kier molecular flexibility index (Phi) is 9.09. The van der Waals surface area contributed by atoms with Crippen molar-refractivity contribution in [3.8, 4) is 11.1 Å². The number of carbonyl (C=O) groups excluding carboxylic acids is 1. The molecule has 0 saturated carbocycles. The molecule has 0 amide bonds. The molecule has 6 nitrogen and oxygen atoms in total. The summed E-state index contributed by atoms with van der Waals surface area (Å²) in [4.78, 5) is 26.3.